The summed E-state index contributed by atoms with van der Waals surface area (Å²) in [4.78, 5) is 6.55. The number of hydrogen-bond donors (Lipinski definition) is 1. The van der Waals surface area contributed by atoms with E-state index in [4.69, 9.17) is 9.68 Å². The Bertz CT molecular complexity index is 692. The molecule has 1 aliphatic rings. The van der Waals surface area contributed by atoms with Gasteiger partial charge < -0.3 is 9.73 Å². The average Bonchev–Trinajstić information content (AvgIpc) is 3.23. The first kappa shape index (κ1) is 15.4. The number of nitrogens with one attached hydrogen (secondary N) is 1. The SMILES string of the molecule is CCc1nnc(CN2CCC(CNc3ncccc3C#N)C2)o1. The maximum Gasteiger partial charge on any atom is 0.230 e. The van der Waals surface area contributed by atoms with Crippen LogP contribution < -0.4 is 5.32 Å². The summed E-state index contributed by atoms with van der Waals surface area (Å²) >= 11 is 0. The van der Waals surface area contributed by atoms with Crippen LogP contribution in [0.2, 0.25) is 0 Å². The van der Waals surface area contributed by atoms with Crippen LogP contribution in [0.1, 0.15) is 30.7 Å². The predicted molar refractivity (Wildman–Crippen MR) is 84.5 cm³/mol. The van der Waals surface area contributed by atoms with Gasteiger partial charge in [-0.05, 0) is 31.0 Å². The highest BCUT2D eigenvalue weighted by Gasteiger charge is 2.24. The molecule has 23 heavy (non-hydrogen) atoms. The molecule has 1 aliphatic heterocycles. The maximum atomic E-state index is 9.08. The van der Waals surface area contributed by atoms with Crippen molar-refractivity contribution in [3.05, 3.63) is 35.7 Å². The van der Waals surface area contributed by atoms with E-state index in [1.807, 2.05) is 6.92 Å². The molecular weight excluding hydrogens is 292 g/mol. The van der Waals surface area contributed by atoms with Crippen LogP contribution in [0.25, 0.3) is 0 Å². The van der Waals surface area contributed by atoms with E-state index >= 15 is 0 Å². The minimum atomic E-state index is 0.525. The first-order valence-electron chi connectivity index (χ1n) is 7.91. The highest BCUT2D eigenvalue weighted by Crippen LogP contribution is 2.19. The van der Waals surface area contributed by atoms with E-state index in [9.17, 15) is 0 Å². The molecule has 0 saturated carbocycles. The van der Waals surface area contributed by atoms with E-state index in [0.29, 0.717) is 35.6 Å². The number of aryl methyl sites for hydroxylation is 1. The molecule has 2 aromatic rings. The zero-order valence-corrected chi connectivity index (χ0v) is 13.2. The van der Waals surface area contributed by atoms with Crippen LogP contribution in [0.15, 0.2) is 22.7 Å². The van der Waals surface area contributed by atoms with Crippen molar-refractivity contribution in [2.24, 2.45) is 5.92 Å². The van der Waals surface area contributed by atoms with E-state index in [1.165, 1.54) is 0 Å². The lowest BCUT2D eigenvalue weighted by Gasteiger charge is -2.14. The zero-order valence-electron chi connectivity index (χ0n) is 13.2. The highest BCUT2D eigenvalue weighted by atomic mass is 16.4. The van der Waals surface area contributed by atoms with Crippen molar-refractivity contribution in [3.63, 3.8) is 0 Å². The summed E-state index contributed by atoms with van der Waals surface area (Å²) in [7, 11) is 0. The van der Waals surface area contributed by atoms with Gasteiger partial charge in [-0.25, -0.2) is 4.98 Å². The summed E-state index contributed by atoms with van der Waals surface area (Å²) in [5.74, 6) is 2.57. The Balaban J connectivity index is 1.49. The van der Waals surface area contributed by atoms with Gasteiger partial charge in [0.2, 0.25) is 11.8 Å². The summed E-state index contributed by atoms with van der Waals surface area (Å²) in [6, 6.07) is 5.71. The van der Waals surface area contributed by atoms with Crippen LogP contribution in [0.5, 0.6) is 0 Å². The van der Waals surface area contributed by atoms with Gasteiger partial charge in [-0.15, -0.1) is 10.2 Å². The summed E-state index contributed by atoms with van der Waals surface area (Å²) < 4.78 is 5.56. The summed E-state index contributed by atoms with van der Waals surface area (Å²) in [6.07, 6.45) is 3.58. The first-order chi connectivity index (χ1) is 11.3. The lowest BCUT2D eigenvalue weighted by atomic mass is 10.1. The lowest BCUT2D eigenvalue weighted by Crippen LogP contribution is -2.23. The second-order valence-corrected chi connectivity index (χ2v) is 5.73. The molecular formula is C16H20N6O. The van der Waals surface area contributed by atoms with Crippen molar-refractivity contribution in [1.29, 1.82) is 5.26 Å². The molecule has 3 rings (SSSR count). The molecule has 0 bridgehead atoms. The molecule has 7 heteroatoms. The zero-order chi connectivity index (χ0) is 16.1. The standard InChI is InChI=1S/C16H20N6O/c1-2-14-20-21-15(23-14)11-22-7-5-12(10-22)9-19-16-13(8-17)4-3-6-18-16/h3-4,6,12H,2,5,7,9-11H2,1H3,(H,18,19). The fourth-order valence-corrected chi connectivity index (χ4v) is 2.79. The van der Waals surface area contributed by atoms with Gasteiger partial charge in [-0.3, -0.25) is 4.90 Å². The Morgan fingerprint density at radius 2 is 2.30 bits per heavy atom. The molecule has 0 spiro atoms. The molecule has 1 saturated heterocycles. The van der Waals surface area contributed by atoms with Crippen LogP contribution in [0.4, 0.5) is 5.82 Å². The topological polar surface area (TPSA) is 90.9 Å². The van der Waals surface area contributed by atoms with Crippen LogP contribution in [0, 0.1) is 17.2 Å². The molecule has 2 aromatic heterocycles. The molecule has 0 radical (unpaired) electrons. The molecule has 1 unspecified atom stereocenters. The number of pyridine rings is 1. The van der Waals surface area contributed by atoms with Crippen molar-refractivity contribution in [1.82, 2.24) is 20.1 Å². The molecule has 0 aromatic carbocycles. The Hall–Kier alpha value is -2.46. The number of aromatic nitrogens is 3. The van der Waals surface area contributed by atoms with Crippen LogP contribution in [-0.2, 0) is 13.0 Å². The molecule has 1 fully saturated rings. The Morgan fingerprint density at radius 1 is 1.43 bits per heavy atom. The van der Waals surface area contributed by atoms with Crippen LogP contribution in [0.3, 0.4) is 0 Å². The van der Waals surface area contributed by atoms with Gasteiger partial charge in [0.15, 0.2) is 0 Å². The third kappa shape index (κ3) is 3.85. The number of anilines is 1. The highest BCUT2D eigenvalue weighted by molar-refractivity contribution is 5.51. The minimum Gasteiger partial charge on any atom is -0.424 e. The quantitative estimate of drug-likeness (QED) is 0.870. The van der Waals surface area contributed by atoms with Crippen molar-refractivity contribution in [2.75, 3.05) is 25.0 Å². The van der Waals surface area contributed by atoms with Gasteiger partial charge in [0, 0.05) is 25.7 Å². The van der Waals surface area contributed by atoms with E-state index < -0.39 is 0 Å². The fourth-order valence-electron chi connectivity index (χ4n) is 2.79. The Morgan fingerprint density at radius 3 is 3.09 bits per heavy atom. The van der Waals surface area contributed by atoms with Gasteiger partial charge >= 0.3 is 0 Å². The van der Waals surface area contributed by atoms with Gasteiger partial charge in [0.25, 0.3) is 0 Å². The van der Waals surface area contributed by atoms with Crippen LogP contribution in [-0.4, -0.2) is 39.7 Å². The predicted octanol–water partition coefficient (Wildman–Crippen LogP) is 1.83. The number of nitrogens with zero attached hydrogens (tertiary/aromatic N) is 5. The minimum absolute atomic E-state index is 0.525. The average molecular weight is 312 g/mol. The van der Waals surface area contributed by atoms with E-state index in [0.717, 1.165) is 32.5 Å². The molecule has 0 amide bonds. The normalized spacial score (nSPS) is 18.0. The van der Waals surface area contributed by atoms with Gasteiger partial charge in [-0.2, -0.15) is 5.26 Å². The van der Waals surface area contributed by atoms with Gasteiger partial charge in [-0.1, -0.05) is 6.92 Å². The fraction of sp³-hybridized carbons (Fsp3) is 0.500. The number of rotatable bonds is 6. The summed E-state index contributed by atoms with van der Waals surface area (Å²) in [5, 5.41) is 20.4. The molecule has 1 N–H and O–H groups in total. The van der Waals surface area contributed by atoms with Gasteiger partial charge in [0.1, 0.15) is 11.9 Å². The van der Waals surface area contributed by atoms with E-state index in [2.05, 4.69) is 31.5 Å². The second-order valence-electron chi connectivity index (χ2n) is 5.73. The van der Waals surface area contributed by atoms with E-state index in [-0.39, 0.29) is 0 Å². The summed E-state index contributed by atoms with van der Waals surface area (Å²) in [6.45, 7) is 5.51. The number of likely N-dealkylation sites (tertiary alicyclic amines) is 1. The van der Waals surface area contributed by atoms with Gasteiger partial charge in [0.05, 0.1) is 12.1 Å². The van der Waals surface area contributed by atoms with Crippen molar-refractivity contribution < 1.29 is 4.42 Å². The second kappa shape index (κ2) is 7.20. The third-order valence-electron chi connectivity index (χ3n) is 4.03. The number of nitriles is 1. The Labute approximate surface area is 135 Å². The van der Waals surface area contributed by atoms with E-state index in [1.54, 1.807) is 18.3 Å². The smallest absolute Gasteiger partial charge is 0.230 e. The first-order valence-corrected chi connectivity index (χ1v) is 7.91. The number of hydrogen-bond acceptors (Lipinski definition) is 7. The summed E-state index contributed by atoms with van der Waals surface area (Å²) in [5.41, 5.74) is 0.584. The molecule has 7 nitrogen and oxygen atoms in total. The van der Waals surface area contributed by atoms with Crippen molar-refractivity contribution >= 4 is 5.82 Å². The van der Waals surface area contributed by atoms with Crippen molar-refractivity contribution in [2.45, 2.75) is 26.3 Å². The monoisotopic (exact) mass is 312 g/mol. The lowest BCUT2D eigenvalue weighted by molar-refractivity contribution is 0.278. The molecule has 3 heterocycles. The largest absolute Gasteiger partial charge is 0.424 e. The molecule has 120 valence electrons. The maximum absolute atomic E-state index is 9.08. The third-order valence-corrected chi connectivity index (χ3v) is 4.03. The Kier molecular flexibility index (Phi) is 4.83. The molecule has 1 atom stereocenters. The van der Waals surface area contributed by atoms with Crippen LogP contribution >= 0.6 is 0 Å². The van der Waals surface area contributed by atoms with Crippen molar-refractivity contribution in [3.8, 4) is 6.07 Å². The molecule has 0 aliphatic carbocycles.